The van der Waals surface area contributed by atoms with E-state index in [0.717, 1.165) is 31.8 Å². The molecule has 1 aromatic rings. The summed E-state index contributed by atoms with van der Waals surface area (Å²) in [5, 5.41) is 0. The third kappa shape index (κ3) is 13.6. The van der Waals surface area contributed by atoms with Crippen LogP contribution in [0.5, 0.6) is 5.75 Å². The van der Waals surface area contributed by atoms with E-state index in [1.807, 2.05) is 30.3 Å². The van der Waals surface area contributed by atoms with Gasteiger partial charge in [0.1, 0.15) is 5.75 Å². The van der Waals surface area contributed by atoms with Gasteiger partial charge in [-0.3, -0.25) is 0 Å². The van der Waals surface area contributed by atoms with Gasteiger partial charge in [-0.05, 0) is 25.0 Å². The Labute approximate surface area is 162 Å². The Morgan fingerprint density at radius 1 is 0.615 bits per heavy atom. The van der Waals surface area contributed by atoms with Crippen LogP contribution < -0.4 is 4.52 Å². The molecular formula is C22H39O3P. The first kappa shape index (κ1) is 23.4. The minimum atomic E-state index is -1.29. The van der Waals surface area contributed by atoms with Gasteiger partial charge in [-0.25, -0.2) is 0 Å². The fourth-order valence-electron chi connectivity index (χ4n) is 2.70. The maximum Gasteiger partial charge on any atom is 0.397 e. The van der Waals surface area contributed by atoms with Crippen LogP contribution in [-0.2, 0) is 9.05 Å². The van der Waals surface area contributed by atoms with Gasteiger partial charge in [-0.2, -0.15) is 0 Å². The van der Waals surface area contributed by atoms with Crippen LogP contribution in [-0.4, -0.2) is 13.2 Å². The first-order valence-electron chi connectivity index (χ1n) is 10.7. The number of benzene rings is 1. The van der Waals surface area contributed by atoms with Crippen molar-refractivity contribution in [2.45, 2.75) is 90.9 Å². The number of unbranched alkanes of at least 4 members (excludes halogenated alkanes) is 10. The highest BCUT2D eigenvalue weighted by Gasteiger charge is 2.14. The molecule has 0 saturated heterocycles. The summed E-state index contributed by atoms with van der Waals surface area (Å²) in [7, 11) is -1.29. The second-order valence-corrected chi connectivity index (χ2v) is 7.98. The minimum Gasteiger partial charge on any atom is -0.427 e. The molecule has 0 N–H and O–H groups in total. The van der Waals surface area contributed by atoms with Crippen molar-refractivity contribution < 1.29 is 13.6 Å². The molecular weight excluding hydrogens is 343 g/mol. The maximum absolute atomic E-state index is 5.93. The van der Waals surface area contributed by atoms with E-state index in [1.54, 1.807) is 0 Å². The average Bonchev–Trinajstić information content (AvgIpc) is 2.67. The first-order chi connectivity index (χ1) is 12.9. The third-order valence-corrected chi connectivity index (χ3v) is 5.46. The maximum atomic E-state index is 5.93. The fraction of sp³-hybridized carbons (Fsp3) is 0.727. The zero-order valence-electron chi connectivity index (χ0n) is 17.0. The number of rotatable bonds is 18. The van der Waals surface area contributed by atoms with E-state index in [0.29, 0.717) is 0 Å². The largest absolute Gasteiger partial charge is 0.427 e. The Hall–Kier alpha value is -0.630. The summed E-state index contributed by atoms with van der Waals surface area (Å²) in [5.74, 6) is 0.824. The molecule has 0 fully saturated rings. The van der Waals surface area contributed by atoms with Crippen molar-refractivity contribution in [2.75, 3.05) is 13.2 Å². The highest BCUT2D eigenvalue weighted by atomic mass is 31.2. The van der Waals surface area contributed by atoms with Crippen molar-refractivity contribution >= 4 is 8.60 Å². The monoisotopic (exact) mass is 382 g/mol. The molecule has 4 heteroatoms. The molecule has 0 spiro atoms. The lowest BCUT2D eigenvalue weighted by atomic mass is 10.1. The van der Waals surface area contributed by atoms with Crippen LogP contribution in [0, 0.1) is 0 Å². The highest BCUT2D eigenvalue weighted by molar-refractivity contribution is 7.42. The zero-order chi connectivity index (χ0) is 18.7. The smallest absolute Gasteiger partial charge is 0.397 e. The standard InChI is InChI=1S/C22H39O3P/c1-3-5-7-9-11-16-20-23-26(25-22-18-14-13-15-19-22)24-21-17-12-10-8-6-4-2/h13-15,18-19H,3-12,16-17,20-21H2,1-2H3. The van der Waals surface area contributed by atoms with Gasteiger partial charge in [0.2, 0.25) is 0 Å². The molecule has 0 saturated carbocycles. The van der Waals surface area contributed by atoms with Gasteiger partial charge in [-0.15, -0.1) is 0 Å². The first-order valence-corrected chi connectivity index (χ1v) is 11.7. The Bertz CT molecular complexity index is 382. The quantitative estimate of drug-likeness (QED) is 0.190. The van der Waals surface area contributed by atoms with Gasteiger partial charge >= 0.3 is 8.60 Å². The van der Waals surface area contributed by atoms with Crippen molar-refractivity contribution in [3.63, 3.8) is 0 Å². The van der Waals surface area contributed by atoms with Crippen molar-refractivity contribution in [1.82, 2.24) is 0 Å². The minimum absolute atomic E-state index is 0.723. The molecule has 0 radical (unpaired) electrons. The van der Waals surface area contributed by atoms with Crippen molar-refractivity contribution in [1.29, 1.82) is 0 Å². The molecule has 3 nitrogen and oxygen atoms in total. The third-order valence-electron chi connectivity index (χ3n) is 4.31. The van der Waals surface area contributed by atoms with E-state index < -0.39 is 8.60 Å². The van der Waals surface area contributed by atoms with Crippen molar-refractivity contribution in [3.05, 3.63) is 30.3 Å². The molecule has 150 valence electrons. The van der Waals surface area contributed by atoms with Crippen LogP contribution in [0.1, 0.15) is 90.9 Å². The predicted octanol–water partition coefficient (Wildman–Crippen LogP) is 8.05. The lowest BCUT2D eigenvalue weighted by molar-refractivity contribution is 0.198. The van der Waals surface area contributed by atoms with Gasteiger partial charge in [0.05, 0.1) is 13.2 Å². The highest BCUT2D eigenvalue weighted by Crippen LogP contribution is 2.41. The summed E-state index contributed by atoms with van der Waals surface area (Å²) >= 11 is 0. The second kappa shape index (κ2) is 17.8. The van der Waals surface area contributed by atoms with Crippen molar-refractivity contribution in [2.24, 2.45) is 0 Å². The Kier molecular flexibility index (Phi) is 16.0. The van der Waals surface area contributed by atoms with Crippen LogP contribution in [0.3, 0.4) is 0 Å². The summed E-state index contributed by atoms with van der Waals surface area (Å²) in [6.45, 7) is 5.94. The van der Waals surface area contributed by atoms with Gasteiger partial charge in [-0.1, -0.05) is 96.3 Å². The lowest BCUT2D eigenvalue weighted by Gasteiger charge is -2.17. The van der Waals surface area contributed by atoms with E-state index in [1.165, 1.54) is 64.2 Å². The molecule has 1 rings (SSSR count). The average molecular weight is 383 g/mol. The van der Waals surface area contributed by atoms with E-state index in [4.69, 9.17) is 13.6 Å². The molecule has 26 heavy (non-hydrogen) atoms. The summed E-state index contributed by atoms with van der Waals surface area (Å²) in [6, 6.07) is 9.85. The van der Waals surface area contributed by atoms with E-state index in [-0.39, 0.29) is 0 Å². The molecule has 0 amide bonds. The summed E-state index contributed by atoms with van der Waals surface area (Å²) in [4.78, 5) is 0. The van der Waals surface area contributed by atoms with E-state index in [9.17, 15) is 0 Å². The molecule has 0 aliphatic carbocycles. The van der Waals surface area contributed by atoms with E-state index in [2.05, 4.69) is 13.8 Å². The van der Waals surface area contributed by atoms with E-state index >= 15 is 0 Å². The molecule has 0 unspecified atom stereocenters. The SMILES string of the molecule is CCCCCCCCOP(OCCCCCCCC)Oc1ccccc1. The number of hydrogen-bond acceptors (Lipinski definition) is 3. The van der Waals surface area contributed by atoms with Crippen LogP contribution in [0.15, 0.2) is 30.3 Å². The molecule has 0 bridgehead atoms. The number of hydrogen-bond donors (Lipinski definition) is 0. The number of para-hydroxylation sites is 1. The lowest BCUT2D eigenvalue weighted by Crippen LogP contribution is -2.01. The van der Waals surface area contributed by atoms with Crippen molar-refractivity contribution in [3.8, 4) is 5.75 Å². The fourth-order valence-corrected chi connectivity index (χ4v) is 3.73. The summed E-state index contributed by atoms with van der Waals surface area (Å²) < 4.78 is 17.8. The topological polar surface area (TPSA) is 27.7 Å². The Balaban J connectivity index is 2.21. The van der Waals surface area contributed by atoms with Gasteiger partial charge in [0.25, 0.3) is 0 Å². The molecule has 0 aromatic heterocycles. The summed E-state index contributed by atoms with van der Waals surface area (Å²) in [5.41, 5.74) is 0. The summed E-state index contributed by atoms with van der Waals surface area (Å²) in [6.07, 6.45) is 15.2. The van der Waals surface area contributed by atoms with Gasteiger partial charge in [0.15, 0.2) is 0 Å². The predicted molar refractivity (Wildman–Crippen MR) is 113 cm³/mol. The zero-order valence-corrected chi connectivity index (χ0v) is 17.9. The van der Waals surface area contributed by atoms with Gasteiger partial charge in [0, 0.05) is 0 Å². The normalized spacial score (nSPS) is 11.2. The van der Waals surface area contributed by atoms with Crippen LogP contribution in [0.2, 0.25) is 0 Å². The van der Waals surface area contributed by atoms with Crippen LogP contribution in [0.25, 0.3) is 0 Å². The molecule has 0 heterocycles. The molecule has 1 aromatic carbocycles. The molecule has 0 aliphatic heterocycles. The Morgan fingerprint density at radius 3 is 1.58 bits per heavy atom. The van der Waals surface area contributed by atoms with Gasteiger partial charge < -0.3 is 13.6 Å². The Morgan fingerprint density at radius 2 is 1.08 bits per heavy atom. The molecule has 0 atom stereocenters. The van der Waals surface area contributed by atoms with Crippen LogP contribution >= 0.6 is 8.60 Å². The second-order valence-electron chi connectivity index (χ2n) is 6.83. The van der Waals surface area contributed by atoms with Crippen LogP contribution in [0.4, 0.5) is 0 Å². The molecule has 0 aliphatic rings.